The van der Waals surface area contributed by atoms with Crippen molar-refractivity contribution in [2.24, 2.45) is 0 Å². The minimum Gasteiger partial charge on any atom is -0.358 e. The minimum atomic E-state index is -0.415. The third-order valence-electron chi connectivity index (χ3n) is 2.07. The van der Waals surface area contributed by atoms with Gasteiger partial charge in [0.25, 0.3) is 5.91 Å². The van der Waals surface area contributed by atoms with E-state index in [1.165, 1.54) is 12.6 Å². The summed E-state index contributed by atoms with van der Waals surface area (Å²) in [4.78, 5) is 23.7. The molecule has 1 radical (unpaired) electrons. The van der Waals surface area contributed by atoms with Crippen molar-refractivity contribution in [3.05, 3.63) is 24.9 Å². The van der Waals surface area contributed by atoms with E-state index in [2.05, 4.69) is 11.9 Å². The largest absolute Gasteiger partial charge is 0.358 e. The van der Waals surface area contributed by atoms with Gasteiger partial charge in [0, 0.05) is 13.1 Å². The Morgan fingerprint density at radius 2 is 2.07 bits per heavy atom. The van der Waals surface area contributed by atoms with E-state index in [0.29, 0.717) is 0 Å². The molecule has 1 fully saturated rings. The van der Waals surface area contributed by atoms with Crippen LogP contribution in [-0.2, 0) is 9.59 Å². The van der Waals surface area contributed by atoms with Crippen LogP contribution < -0.4 is 5.32 Å². The molecule has 0 aromatic carbocycles. The molecule has 1 saturated heterocycles. The highest BCUT2D eigenvalue weighted by Crippen LogP contribution is 2.12. The molecule has 14 heavy (non-hydrogen) atoms. The maximum atomic E-state index is 11.4. The quantitative estimate of drug-likeness (QED) is 0.514. The van der Waals surface area contributed by atoms with Crippen LogP contribution in [0.4, 0.5) is 0 Å². The molecule has 0 aromatic rings. The van der Waals surface area contributed by atoms with Crippen LogP contribution in [0.15, 0.2) is 18.4 Å². The van der Waals surface area contributed by atoms with Crippen molar-refractivity contribution < 1.29 is 9.59 Å². The Kier molecular flexibility index (Phi) is 3.95. The molecule has 1 rings (SSSR count). The summed E-state index contributed by atoms with van der Waals surface area (Å²) in [6.45, 7) is 6.33. The van der Waals surface area contributed by atoms with E-state index < -0.39 is 5.91 Å². The lowest BCUT2D eigenvalue weighted by molar-refractivity contribution is -0.118. The van der Waals surface area contributed by atoms with Gasteiger partial charge in [-0.05, 0) is 12.8 Å². The first-order chi connectivity index (χ1) is 6.79. The second kappa shape index (κ2) is 5.25. The van der Waals surface area contributed by atoms with Crippen LogP contribution in [0, 0.1) is 6.54 Å². The third-order valence-corrected chi connectivity index (χ3v) is 2.07. The van der Waals surface area contributed by atoms with Gasteiger partial charge in [-0.2, -0.15) is 0 Å². The number of hydrogen-bond donors (Lipinski definition) is 1. The van der Waals surface area contributed by atoms with E-state index in [-0.39, 0.29) is 5.70 Å². The van der Waals surface area contributed by atoms with Crippen LogP contribution in [0.5, 0.6) is 0 Å². The van der Waals surface area contributed by atoms with Gasteiger partial charge in [-0.25, -0.2) is 4.79 Å². The average molecular weight is 193 g/mol. The molecular weight excluding hydrogens is 180 g/mol. The van der Waals surface area contributed by atoms with Gasteiger partial charge in [0.1, 0.15) is 0 Å². The molecule has 0 unspecified atom stereocenters. The highest BCUT2D eigenvalue weighted by molar-refractivity contribution is 6.00. The van der Waals surface area contributed by atoms with Crippen molar-refractivity contribution in [3.8, 4) is 0 Å². The van der Waals surface area contributed by atoms with Gasteiger partial charge in [0.05, 0.1) is 6.54 Å². The number of nitrogens with one attached hydrogen (secondary N) is 1. The van der Waals surface area contributed by atoms with Crippen LogP contribution in [-0.4, -0.2) is 29.8 Å². The Bertz CT molecular complexity index is 274. The Labute approximate surface area is 83.3 Å². The summed E-state index contributed by atoms with van der Waals surface area (Å²) in [6, 6.07) is 0. The predicted molar refractivity (Wildman–Crippen MR) is 52.7 cm³/mol. The molecule has 0 aromatic heterocycles. The first-order valence-electron chi connectivity index (χ1n) is 4.54. The molecule has 0 bridgehead atoms. The molecule has 0 saturated carbocycles. The van der Waals surface area contributed by atoms with E-state index in [1.807, 2.05) is 0 Å². The predicted octanol–water partition coefficient (Wildman–Crippen LogP) is 0.262. The summed E-state index contributed by atoms with van der Waals surface area (Å²) < 4.78 is 0. The number of hydrogen-bond acceptors (Lipinski definition) is 3. The van der Waals surface area contributed by atoms with E-state index in [0.717, 1.165) is 25.9 Å². The van der Waals surface area contributed by atoms with Crippen molar-refractivity contribution in [3.63, 3.8) is 0 Å². The molecule has 0 atom stereocenters. The summed E-state index contributed by atoms with van der Waals surface area (Å²) in [5.41, 5.74) is 0.0839. The summed E-state index contributed by atoms with van der Waals surface area (Å²) in [7, 11) is 0. The van der Waals surface area contributed by atoms with Gasteiger partial charge in [-0.3, -0.25) is 4.79 Å². The molecule has 1 aliphatic rings. The maximum Gasteiger partial charge on any atom is 0.279 e. The zero-order valence-electron chi connectivity index (χ0n) is 7.95. The van der Waals surface area contributed by atoms with Crippen LogP contribution >= 0.6 is 0 Å². The summed E-state index contributed by atoms with van der Waals surface area (Å²) in [5, 5.41) is 2.44. The lowest BCUT2D eigenvalue weighted by Crippen LogP contribution is -2.32. The highest BCUT2D eigenvalue weighted by atomic mass is 16.2. The molecule has 4 heteroatoms. The fourth-order valence-corrected chi connectivity index (χ4v) is 1.40. The van der Waals surface area contributed by atoms with Gasteiger partial charge in [0.2, 0.25) is 0 Å². The molecule has 0 spiro atoms. The molecule has 0 aliphatic carbocycles. The van der Waals surface area contributed by atoms with Crippen LogP contribution in [0.2, 0.25) is 0 Å². The highest BCUT2D eigenvalue weighted by Gasteiger charge is 2.21. The number of nitrogens with zero attached hydrogens (tertiary/aromatic N) is 1. The molecule has 4 nitrogen and oxygen atoms in total. The summed E-state index contributed by atoms with van der Waals surface area (Å²) >= 11 is 0. The topological polar surface area (TPSA) is 49.4 Å². The Morgan fingerprint density at radius 1 is 1.43 bits per heavy atom. The smallest absolute Gasteiger partial charge is 0.279 e. The van der Waals surface area contributed by atoms with Gasteiger partial charge >= 0.3 is 0 Å². The number of carbonyl (C=O) groups excluding carboxylic acids is 2. The molecular formula is C10H13N2O2. The number of likely N-dealkylation sites (tertiary alicyclic amines) is 1. The zero-order valence-corrected chi connectivity index (χ0v) is 7.95. The Morgan fingerprint density at radius 3 is 2.57 bits per heavy atom. The van der Waals surface area contributed by atoms with Crippen molar-refractivity contribution >= 4 is 11.8 Å². The first-order valence-corrected chi connectivity index (χ1v) is 4.54. The van der Waals surface area contributed by atoms with Crippen molar-refractivity contribution in [2.45, 2.75) is 12.8 Å². The van der Waals surface area contributed by atoms with Gasteiger partial charge in [-0.15, -0.1) is 6.58 Å². The van der Waals surface area contributed by atoms with Crippen molar-refractivity contribution in [1.82, 2.24) is 10.2 Å². The second-order valence-electron chi connectivity index (χ2n) is 3.02. The second-order valence-corrected chi connectivity index (χ2v) is 3.02. The SMILES string of the molecule is C=C[CH]NC(=O)C(=C=O)N1CCCC1. The van der Waals surface area contributed by atoms with Crippen LogP contribution in [0.1, 0.15) is 12.8 Å². The van der Waals surface area contributed by atoms with Gasteiger partial charge in [0.15, 0.2) is 11.6 Å². The summed E-state index contributed by atoms with van der Waals surface area (Å²) in [5.74, 6) is 1.26. The van der Waals surface area contributed by atoms with Crippen molar-refractivity contribution in [1.29, 1.82) is 0 Å². The van der Waals surface area contributed by atoms with E-state index in [4.69, 9.17) is 0 Å². The maximum absolute atomic E-state index is 11.4. The number of carbonyl (C=O) groups is 1. The number of rotatable bonds is 4. The van der Waals surface area contributed by atoms with Crippen molar-refractivity contribution in [2.75, 3.05) is 13.1 Å². The molecule has 1 amide bonds. The molecule has 75 valence electrons. The summed E-state index contributed by atoms with van der Waals surface area (Å²) in [6.07, 6.45) is 3.48. The van der Waals surface area contributed by atoms with Gasteiger partial charge in [-0.1, -0.05) is 6.08 Å². The fourth-order valence-electron chi connectivity index (χ4n) is 1.40. The van der Waals surface area contributed by atoms with Gasteiger partial charge < -0.3 is 10.2 Å². The monoisotopic (exact) mass is 193 g/mol. The zero-order chi connectivity index (χ0) is 10.4. The standard InChI is InChI=1S/C10H13N2O2/c1-2-5-11-10(14)9(8-13)12-6-3-4-7-12/h2,5H,1,3-4,6-7H2,(H,11,14). The normalized spacial score (nSPS) is 14.7. The lowest BCUT2D eigenvalue weighted by atomic mass is 10.4. The fraction of sp³-hybridized carbons (Fsp3) is 0.400. The third kappa shape index (κ3) is 2.47. The lowest BCUT2D eigenvalue weighted by Gasteiger charge is -2.16. The Hall–Kier alpha value is -1.54. The molecule has 1 aliphatic heterocycles. The van der Waals surface area contributed by atoms with E-state index >= 15 is 0 Å². The Balaban J connectivity index is 2.57. The molecule has 1 N–H and O–H groups in total. The molecule has 1 heterocycles. The van der Waals surface area contributed by atoms with Crippen LogP contribution in [0.3, 0.4) is 0 Å². The first kappa shape index (κ1) is 10.5. The minimum absolute atomic E-state index is 0.0839. The van der Waals surface area contributed by atoms with Crippen LogP contribution in [0.25, 0.3) is 0 Å². The van der Waals surface area contributed by atoms with E-state index in [9.17, 15) is 9.59 Å². The average Bonchev–Trinajstić information content (AvgIpc) is 2.69. The van der Waals surface area contributed by atoms with E-state index in [1.54, 1.807) is 10.8 Å². The number of amides is 1.